The van der Waals surface area contributed by atoms with Gasteiger partial charge in [0.25, 0.3) is 0 Å². The first-order valence-electron chi connectivity index (χ1n) is 4.86. The third-order valence-electron chi connectivity index (χ3n) is 2.06. The van der Waals surface area contributed by atoms with Crippen LogP contribution < -0.4 is 0 Å². The first-order chi connectivity index (χ1) is 7.13. The summed E-state index contributed by atoms with van der Waals surface area (Å²) >= 11 is 0. The highest BCUT2D eigenvalue weighted by atomic mass is 16.5. The molecule has 0 fully saturated rings. The Bertz CT molecular complexity index is 333. The molecule has 1 heterocycles. The topological polar surface area (TPSA) is 46.5 Å². The fourth-order valence-electron chi connectivity index (χ4n) is 1.33. The second kappa shape index (κ2) is 5.38. The minimum absolute atomic E-state index is 0.118. The summed E-state index contributed by atoms with van der Waals surface area (Å²) in [4.78, 5) is 11.2. The zero-order chi connectivity index (χ0) is 11.3. The van der Waals surface area contributed by atoms with Gasteiger partial charge in [0.15, 0.2) is 0 Å². The molecule has 0 bridgehead atoms. The normalized spacial score (nSPS) is 22.3. The van der Waals surface area contributed by atoms with Crippen LogP contribution in [0.5, 0.6) is 0 Å². The average Bonchev–Trinajstić information content (AvgIpc) is 2.52. The van der Waals surface area contributed by atoms with Gasteiger partial charge < -0.3 is 9.84 Å². The van der Waals surface area contributed by atoms with Crippen molar-refractivity contribution >= 4 is 5.97 Å². The van der Waals surface area contributed by atoms with Crippen molar-refractivity contribution in [3.8, 4) is 12.3 Å². The van der Waals surface area contributed by atoms with Crippen molar-refractivity contribution in [3.63, 3.8) is 0 Å². The summed E-state index contributed by atoms with van der Waals surface area (Å²) in [5.74, 6) is 1.93. The van der Waals surface area contributed by atoms with Crippen molar-refractivity contribution in [1.82, 2.24) is 0 Å². The summed E-state index contributed by atoms with van der Waals surface area (Å²) in [7, 11) is 0. The maximum atomic E-state index is 11.2. The Morgan fingerprint density at radius 2 is 2.53 bits per heavy atom. The number of rotatable bonds is 4. The molecule has 3 heteroatoms. The van der Waals surface area contributed by atoms with E-state index < -0.39 is 6.10 Å². The van der Waals surface area contributed by atoms with Crippen LogP contribution in [0.15, 0.2) is 23.8 Å². The van der Waals surface area contributed by atoms with E-state index in [-0.39, 0.29) is 12.1 Å². The number of terminal acetylenes is 1. The Morgan fingerprint density at radius 1 is 1.80 bits per heavy atom. The molecule has 2 atom stereocenters. The van der Waals surface area contributed by atoms with Gasteiger partial charge in [0.2, 0.25) is 0 Å². The molecule has 0 saturated heterocycles. The Labute approximate surface area is 89.4 Å². The second-order valence-corrected chi connectivity index (χ2v) is 3.38. The van der Waals surface area contributed by atoms with Crippen LogP contribution in [-0.4, -0.2) is 23.3 Å². The lowest BCUT2D eigenvalue weighted by Gasteiger charge is -1.98. The van der Waals surface area contributed by atoms with E-state index in [1.165, 1.54) is 6.08 Å². The van der Waals surface area contributed by atoms with Gasteiger partial charge in [0.1, 0.15) is 12.2 Å². The SMILES string of the molecule is C#C[C@@H](O)/C=C/CCC1=C[C@@H](C)OC1=O. The van der Waals surface area contributed by atoms with Gasteiger partial charge in [-0.1, -0.05) is 12.0 Å². The zero-order valence-corrected chi connectivity index (χ0v) is 8.64. The molecule has 1 rings (SSSR count). The first-order valence-corrected chi connectivity index (χ1v) is 4.86. The van der Waals surface area contributed by atoms with Gasteiger partial charge in [-0.05, 0) is 31.9 Å². The molecule has 0 aromatic carbocycles. The number of carbonyl (C=O) groups excluding carboxylic acids is 1. The lowest BCUT2D eigenvalue weighted by Crippen LogP contribution is -2.03. The Morgan fingerprint density at radius 3 is 3.07 bits per heavy atom. The molecule has 0 aliphatic carbocycles. The molecule has 15 heavy (non-hydrogen) atoms. The maximum absolute atomic E-state index is 11.2. The van der Waals surface area contributed by atoms with Crippen LogP contribution in [0.4, 0.5) is 0 Å². The van der Waals surface area contributed by atoms with E-state index in [1.54, 1.807) is 6.08 Å². The first kappa shape index (κ1) is 11.5. The predicted molar refractivity (Wildman–Crippen MR) is 56.9 cm³/mol. The van der Waals surface area contributed by atoms with Crippen LogP contribution in [-0.2, 0) is 9.53 Å². The average molecular weight is 206 g/mol. The van der Waals surface area contributed by atoms with Gasteiger partial charge in [-0.25, -0.2) is 4.79 Å². The van der Waals surface area contributed by atoms with Crippen molar-refractivity contribution in [2.45, 2.75) is 32.0 Å². The van der Waals surface area contributed by atoms with Crippen LogP contribution >= 0.6 is 0 Å². The van der Waals surface area contributed by atoms with E-state index in [1.807, 2.05) is 13.0 Å². The number of aliphatic hydroxyl groups excluding tert-OH is 1. The number of ether oxygens (including phenoxy) is 1. The van der Waals surface area contributed by atoms with Gasteiger partial charge in [0, 0.05) is 5.57 Å². The molecule has 0 aromatic rings. The zero-order valence-electron chi connectivity index (χ0n) is 8.64. The largest absolute Gasteiger partial charge is 0.455 e. The van der Waals surface area contributed by atoms with Gasteiger partial charge >= 0.3 is 5.97 Å². The Balaban J connectivity index is 2.33. The summed E-state index contributed by atoms with van der Waals surface area (Å²) in [5.41, 5.74) is 0.697. The third kappa shape index (κ3) is 3.61. The van der Waals surface area contributed by atoms with E-state index in [0.29, 0.717) is 18.4 Å². The standard InChI is InChI=1S/C12H14O3/c1-3-11(13)7-5-4-6-10-8-9(2)15-12(10)14/h1,5,7-9,11,13H,4,6H2,2H3/b7-5+/t9-,11-/m1/s1. The minimum Gasteiger partial charge on any atom is -0.455 e. The number of carbonyl (C=O) groups is 1. The highest BCUT2D eigenvalue weighted by Gasteiger charge is 2.20. The quantitative estimate of drug-likeness (QED) is 0.427. The molecule has 80 valence electrons. The van der Waals surface area contributed by atoms with Crippen molar-refractivity contribution in [3.05, 3.63) is 23.8 Å². The van der Waals surface area contributed by atoms with E-state index >= 15 is 0 Å². The number of aliphatic hydroxyl groups is 1. The van der Waals surface area contributed by atoms with Gasteiger partial charge in [-0.3, -0.25) is 0 Å². The highest BCUT2D eigenvalue weighted by molar-refractivity contribution is 5.90. The Hall–Kier alpha value is -1.53. The number of hydrogen-bond donors (Lipinski definition) is 1. The molecule has 0 unspecified atom stereocenters. The van der Waals surface area contributed by atoms with Crippen LogP contribution in [0.25, 0.3) is 0 Å². The molecule has 3 nitrogen and oxygen atoms in total. The van der Waals surface area contributed by atoms with Crippen molar-refractivity contribution in [1.29, 1.82) is 0 Å². The molecule has 0 spiro atoms. The molecule has 0 saturated carbocycles. The molecule has 0 amide bonds. The maximum Gasteiger partial charge on any atom is 0.334 e. The lowest BCUT2D eigenvalue weighted by molar-refractivity contribution is -0.139. The van der Waals surface area contributed by atoms with Crippen molar-refractivity contribution in [2.75, 3.05) is 0 Å². The highest BCUT2D eigenvalue weighted by Crippen LogP contribution is 2.17. The molecular formula is C12H14O3. The number of cyclic esters (lactones) is 1. The Kier molecular flexibility index (Phi) is 4.14. The molecule has 1 aliphatic rings. The summed E-state index contributed by atoms with van der Waals surface area (Å²) in [6, 6.07) is 0. The van der Waals surface area contributed by atoms with Crippen molar-refractivity contribution in [2.24, 2.45) is 0 Å². The minimum atomic E-state index is -0.839. The van der Waals surface area contributed by atoms with E-state index in [4.69, 9.17) is 16.3 Å². The van der Waals surface area contributed by atoms with Gasteiger partial charge in [0.05, 0.1) is 0 Å². The van der Waals surface area contributed by atoms with Crippen LogP contribution in [0, 0.1) is 12.3 Å². The smallest absolute Gasteiger partial charge is 0.334 e. The van der Waals surface area contributed by atoms with Crippen molar-refractivity contribution < 1.29 is 14.6 Å². The fraction of sp³-hybridized carbons (Fsp3) is 0.417. The molecule has 1 aliphatic heterocycles. The number of allylic oxidation sites excluding steroid dienone is 1. The molecule has 0 radical (unpaired) electrons. The summed E-state index contributed by atoms with van der Waals surface area (Å²) in [6.07, 6.45) is 10.4. The summed E-state index contributed by atoms with van der Waals surface area (Å²) < 4.78 is 4.94. The van der Waals surface area contributed by atoms with E-state index in [9.17, 15) is 4.79 Å². The van der Waals surface area contributed by atoms with Crippen LogP contribution in [0.2, 0.25) is 0 Å². The monoisotopic (exact) mass is 206 g/mol. The molecular weight excluding hydrogens is 192 g/mol. The van der Waals surface area contributed by atoms with Crippen LogP contribution in [0.1, 0.15) is 19.8 Å². The lowest BCUT2D eigenvalue weighted by atomic mass is 10.1. The van der Waals surface area contributed by atoms with Crippen LogP contribution in [0.3, 0.4) is 0 Å². The molecule has 0 aromatic heterocycles. The summed E-state index contributed by atoms with van der Waals surface area (Å²) in [6.45, 7) is 1.82. The van der Waals surface area contributed by atoms with E-state index in [0.717, 1.165) is 0 Å². The predicted octanol–water partition coefficient (Wildman–Crippen LogP) is 1.19. The third-order valence-corrected chi connectivity index (χ3v) is 2.06. The van der Waals surface area contributed by atoms with Gasteiger partial charge in [-0.2, -0.15) is 0 Å². The number of esters is 1. The van der Waals surface area contributed by atoms with Gasteiger partial charge in [-0.15, -0.1) is 6.42 Å². The molecule has 1 N–H and O–H groups in total. The fourth-order valence-corrected chi connectivity index (χ4v) is 1.33. The second-order valence-electron chi connectivity index (χ2n) is 3.38. The number of hydrogen-bond acceptors (Lipinski definition) is 3. The van der Waals surface area contributed by atoms with E-state index in [2.05, 4.69) is 5.92 Å². The summed E-state index contributed by atoms with van der Waals surface area (Å²) in [5, 5.41) is 9.01.